The van der Waals surface area contributed by atoms with Crippen LogP contribution in [0.15, 0.2) is 71.9 Å². The molecule has 0 aliphatic heterocycles. The van der Waals surface area contributed by atoms with Gasteiger partial charge in [0, 0.05) is 37.2 Å². The van der Waals surface area contributed by atoms with Crippen LogP contribution in [0.25, 0.3) is 10.9 Å². The van der Waals surface area contributed by atoms with E-state index in [1.807, 2.05) is 0 Å². The Morgan fingerprint density at radius 2 is 1.97 bits per heavy atom. The van der Waals surface area contributed by atoms with Gasteiger partial charge in [-0.15, -0.1) is 5.10 Å². The summed E-state index contributed by atoms with van der Waals surface area (Å²) in [5, 5.41) is 20.3. The maximum absolute atomic E-state index is 12.5. The number of hydrogen-bond acceptors (Lipinski definition) is 8. The highest BCUT2D eigenvalue weighted by atomic mass is 32.2. The van der Waals surface area contributed by atoms with E-state index in [-0.39, 0.29) is 23.9 Å². The highest BCUT2D eigenvalue weighted by Gasteiger charge is 2.16. The zero-order valence-corrected chi connectivity index (χ0v) is 19.6. The molecule has 0 radical (unpaired) electrons. The number of aliphatic hydroxyl groups is 1. The summed E-state index contributed by atoms with van der Waals surface area (Å²) in [7, 11) is -3.80. The van der Waals surface area contributed by atoms with E-state index >= 15 is 0 Å². The molecular formula is C23H23F2N5O5S. The third kappa shape index (κ3) is 6.44. The zero-order chi connectivity index (χ0) is 25.5. The van der Waals surface area contributed by atoms with Gasteiger partial charge in [0.2, 0.25) is 5.88 Å². The van der Waals surface area contributed by atoms with E-state index in [0.29, 0.717) is 34.4 Å². The number of pyridine rings is 1. The largest absolute Gasteiger partial charge is 0.492 e. The lowest BCUT2D eigenvalue weighted by atomic mass is 10.1. The van der Waals surface area contributed by atoms with Crippen LogP contribution in [0.1, 0.15) is 11.7 Å². The molecule has 0 spiro atoms. The molecular weight excluding hydrogens is 496 g/mol. The Labute approximate surface area is 205 Å². The van der Waals surface area contributed by atoms with Gasteiger partial charge in [0.1, 0.15) is 17.3 Å². The first-order valence-electron chi connectivity index (χ1n) is 10.8. The number of aromatic nitrogens is 3. The molecule has 4 N–H and O–H groups in total. The zero-order valence-electron chi connectivity index (χ0n) is 18.8. The first kappa shape index (κ1) is 25.3. The van der Waals surface area contributed by atoms with Crippen molar-refractivity contribution in [1.82, 2.24) is 20.5 Å². The van der Waals surface area contributed by atoms with Gasteiger partial charge in [0.05, 0.1) is 17.0 Å². The molecule has 2 heterocycles. The Morgan fingerprint density at radius 3 is 2.75 bits per heavy atom. The molecule has 1 atom stereocenters. The van der Waals surface area contributed by atoms with Crippen molar-refractivity contribution in [2.75, 3.05) is 24.4 Å². The maximum atomic E-state index is 12.5. The highest BCUT2D eigenvalue weighted by molar-refractivity contribution is 7.92. The number of halogens is 2. The average molecular weight is 520 g/mol. The molecule has 0 aliphatic carbocycles. The summed E-state index contributed by atoms with van der Waals surface area (Å²) in [5.41, 5.74) is 1.34. The molecule has 4 aromatic rings. The standard InChI is InChI=1S/C23H23F2N5O5S/c24-23(25)35-22-19-7-6-17(12-20(19)28-29-22)34-10-9-27-14-21(31)15-3-1-4-16(11-15)30-36(32,33)18-5-2-8-26-13-18/h1-8,11-13,21,23,27,30-31H,9-10,14H2,(H,28,29)/t21-/m0/s1. The second kappa shape index (κ2) is 11.3. The molecule has 0 fully saturated rings. The van der Waals surface area contributed by atoms with E-state index in [2.05, 4.69) is 30.0 Å². The first-order chi connectivity index (χ1) is 17.3. The summed E-state index contributed by atoms with van der Waals surface area (Å²) in [6.45, 7) is -2.08. The predicted octanol–water partition coefficient (Wildman–Crippen LogP) is 3.06. The number of nitrogens with one attached hydrogen (secondary N) is 3. The quantitative estimate of drug-likeness (QED) is 0.210. The molecule has 0 bridgehead atoms. The Kier molecular flexibility index (Phi) is 7.93. The molecule has 13 heteroatoms. The van der Waals surface area contributed by atoms with Gasteiger partial charge in [-0.2, -0.15) is 8.78 Å². The van der Waals surface area contributed by atoms with Crippen molar-refractivity contribution in [2.24, 2.45) is 0 Å². The fraction of sp³-hybridized carbons (Fsp3) is 0.217. The van der Waals surface area contributed by atoms with Crippen LogP contribution in [0.2, 0.25) is 0 Å². The lowest BCUT2D eigenvalue weighted by molar-refractivity contribution is -0.0518. The number of nitrogens with zero attached hydrogens (tertiary/aromatic N) is 2. The lowest BCUT2D eigenvalue weighted by Crippen LogP contribution is -2.26. The van der Waals surface area contributed by atoms with Crippen LogP contribution >= 0.6 is 0 Å². The van der Waals surface area contributed by atoms with Gasteiger partial charge in [-0.05, 0) is 42.0 Å². The van der Waals surface area contributed by atoms with Crippen LogP contribution < -0.4 is 19.5 Å². The third-order valence-electron chi connectivity index (χ3n) is 5.05. The smallest absolute Gasteiger partial charge is 0.388 e. The number of sulfonamides is 1. The van der Waals surface area contributed by atoms with Gasteiger partial charge in [-0.1, -0.05) is 12.1 Å². The van der Waals surface area contributed by atoms with E-state index in [0.717, 1.165) is 0 Å². The second-order valence-corrected chi connectivity index (χ2v) is 9.29. The van der Waals surface area contributed by atoms with Crippen molar-refractivity contribution in [3.05, 3.63) is 72.6 Å². The van der Waals surface area contributed by atoms with Crippen molar-refractivity contribution >= 4 is 26.6 Å². The molecule has 0 aliphatic rings. The lowest BCUT2D eigenvalue weighted by Gasteiger charge is -2.14. The minimum absolute atomic E-state index is 0.0335. The van der Waals surface area contributed by atoms with E-state index in [4.69, 9.17) is 4.74 Å². The molecule has 0 saturated carbocycles. The maximum Gasteiger partial charge on any atom is 0.388 e. The van der Waals surface area contributed by atoms with Gasteiger partial charge in [-0.3, -0.25) is 14.8 Å². The minimum atomic E-state index is -3.80. The van der Waals surface area contributed by atoms with E-state index in [9.17, 15) is 22.3 Å². The Bertz CT molecular complexity index is 1400. The predicted molar refractivity (Wildman–Crippen MR) is 128 cm³/mol. The van der Waals surface area contributed by atoms with Crippen molar-refractivity contribution < 1.29 is 31.8 Å². The number of hydrogen-bond donors (Lipinski definition) is 4. The van der Waals surface area contributed by atoms with Crippen molar-refractivity contribution in [2.45, 2.75) is 17.6 Å². The summed E-state index contributed by atoms with van der Waals surface area (Å²) < 4.78 is 62.2. The monoisotopic (exact) mass is 519 g/mol. The molecule has 0 amide bonds. The van der Waals surface area contributed by atoms with Crippen LogP contribution in [0.3, 0.4) is 0 Å². The molecule has 2 aromatic heterocycles. The number of aliphatic hydroxyl groups excluding tert-OH is 1. The number of H-pyrrole nitrogens is 1. The fourth-order valence-corrected chi connectivity index (χ4v) is 4.38. The minimum Gasteiger partial charge on any atom is -0.492 e. The average Bonchev–Trinajstić information content (AvgIpc) is 3.25. The summed E-state index contributed by atoms with van der Waals surface area (Å²) in [6.07, 6.45) is 1.84. The summed E-state index contributed by atoms with van der Waals surface area (Å²) >= 11 is 0. The molecule has 0 saturated heterocycles. The van der Waals surface area contributed by atoms with Gasteiger partial charge < -0.3 is 19.9 Å². The number of anilines is 1. The Hall–Kier alpha value is -3.81. The number of benzene rings is 2. The number of rotatable bonds is 12. The summed E-state index contributed by atoms with van der Waals surface area (Å²) in [6, 6.07) is 14.2. The Balaban J connectivity index is 1.25. The first-order valence-corrected chi connectivity index (χ1v) is 12.3. The van der Waals surface area contributed by atoms with E-state index in [1.165, 1.54) is 24.5 Å². The second-order valence-electron chi connectivity index (χ2n) is 7.60. The van der Waals surface area contributed by atoms with Crippen molar-refractivity contribution in [3.63, 3.8) is 0 Å². The number of ether oxygens (including phenoxy) is 2. The molecule has 10 nitrogen and oxygen atoms in total. The summed E-state index contributed by atoms with van der Waals surface area (Å²) in [5.74, 6) is 0.321. The van der Waals surface area contributed by atoms with E-state index < -0.39 is 22.7 Å². The molecule has 4 rings (SSSR count). The van der Waals surface area contributed by atoms with Crippen molar-refractivity contribution in [3.8, 4) is 11.6 Å². The number of alkyl halides is 2. The highest BCUT2D eigenvalue weighted by Crippen LogP contribution is 2.27. The van der Waals surface area contributed by atoms with Gasteiger partial charge in [0.15, 0.2) is 0 Å². The SMILES string of the molecule is O=S(=O)(Nc1cccc([C@@H](O)CNCCOc2ccc3c(OC(F)F)n[nH]c3c2)c1)c1cccnc1. The molecule has 2 aromatic carbocycles. The number of fused-ring (bicyclic) bond motifs is 1. The van der Waals surface area contributed by atoms with Crippen LogP contribution in [0, 0.1) is 0 Å². The van der Waals surface area contributed by atoms with Gasteiger partial charge >= 0.3 is 6.61 Å². The van der Waals surface area contributed by atoms with Gasteiger partial charge in [0.25, 0.3) is 10.0 Å². The van der Waals surface area contributed by atoms with Crippen LogP contribution in [0.4, 0.5) is 14.5 Å². The number of aromatic amines is 1. The van der Waals surface area contributed by atoms with Crippen LogP contribution in [-0.4, -0.2) is 55.0 Å². The van der Waals surface area contributed by atoms with Crippen LogP contribution in [0.5, 0.6) is 11.6 Å². The van der Waals surface area contributed by atoms with Crippen molar-refractivity contribution in [1.29, 1.82) is 0 Å². The molecule has 190 valence electrons. The molecule has 0 unspecified atom stereocenters. The Morgan fingerprint density at radius 1 is 1.11 bits per heavy atom. The molecule has 36 heavy (non-hydrogen) atoms. The fourth-order valence-electron chi connectivity index (χ4n) is 3.36. The third-order valence-corrected chi connectivity index (χ3v) is 6.42. The topological polar surface area (TPSA) is 138 Å². The van der Waals surface area contributed by atoms with Gasteiger partial charge in [-0.25, -0.2) is 8.42 Å². The summed E-state index contributed by atoms with van der Waals surface area (Å²) in [4.78, 5) is 3.85. The van der Waals surface area contributed by atoms with Crippen LogP contribution in [-0.2, 0) is 10.0 Å². The normalized spacial score (nSPS) is 12.6. The van der Waals surface area contributed by atoms with E-state index in [1.54, 1.807) is 42.5 Å².